The molecule has 2 heteroatoms. The third-order valence-corrected chi connectivity index (χ3v) is 5.19. The molecule has 1 fully saturated rings. The number of hydrogen-bond donors (Lipinski definition) is 1. The zero-order valence-electron chi connectivity index (χ0n) is 13.4. The first kappa shape index (κ1) is 14.5. The van der Waals surface area contributed by atoms with Crippen LogP contribution in [0.4, 0.5) is 0 Å². The summed E-state index contributed by atoms with van der Waals surface area (Å²) in [6, 6.07) is 11.3. The second-order valence-corrected chi connectivity index (χ2v) is 6.69. The van der Waals surface area contributed by atoms with Crippen molar-refractivity contribution in [2.45, 2.75) is 52.6 Å². The minimum Gasteiger partial charge on any atom is -0.310 e. The van der Waals surface area contributed by atoms with E-state index in [9.17, 15) is 0 Å². The molecule has 0 amide bonds. The first-order valence-electron chi connectivity index (χ1n) is 8.24. The van der Waals surface area contributed by atoms with Gasteiger partial charge in [0.15, 0.2) is 0 Å². The van der Waals surface area contributed by atoms with Crippen molar-refractivity contribution in [2.75, 3.05) is 0 Å². The molecule has 1 aromatic carbocycles. The monoisotopic (exact) mass is 282 g/mol. The number of rotatable bonds is 3. The Bertz CT molecular complexity index is 620. The van der Waals surface area contributed by atoms with Gasteiger partial charge in [-0.25, -0.2) is 0 Å². The highest BCUT2D eigenvalue weighted by Crippen LogP contribution is 2.30. The molecule has 3 rings (SSSR count). The van der Waals surface area contributed by atoms with Gasteiger partial charge in [0.1, 0.15) is 0 Å². The van der Waals surface area contributed by atoms with Crippen molar-refractivity contribution in [3.05, 3.63) is 41.6 Å². The van der Waals surface area contributed by atoms with Crippen LogP contribution >= 0.6 is 0 Å². The van der Waals surface area contributed by atoms with Gasteiger partial charge < -0.3 is 5.32 Å². The first-order chi connectivity index (χ1) is 10.1. The number of fused-ring (bicyclic) bond motifs is 1. The molecular formula is C19H26N2. The van der Waals surface area contributed by atoms with E-state index in [1.807, 2.05) is 0 Å². The molecule has 0 bridgehead atoms. The molecule has 1 heterocycles. The molecule has 112 valence electrons. The summed E-state index contributed by atoms with van der Waals surface area (Å²) < 4.78 is 0. The van der Waals surface area contributed by atoms with Crippen molar-refractivity contribution >= 4 is 10.9 Å². The number of nitrogens with zero attached hydrogens (tertiary/aromatic N) is 1. The van der Waals surface area contributed by atoms with E-state index in [0.29, 0.717) is 6.04 Å². The molecule has 1 aromatic heterocycles. The van der Waals surface area contributed by atoms with E-state index in [4.69, 9.17) is 0 Å². The first-order valence-corrected chi connectivity index (χ1v) is 8.24. The Morgan fingerprint density at radius 1 is 1.19 bits per heavy atom. The van der Waals surface area contributed by atoms with Gasteiger partial charge in [0.25, 0.3) is 0 Å². The Hall–Kier alpha value is -1.41. The number of benzene rings is 1. The molecule has 0 radical (unpaired) electrons. The Morgan fingerprint density at radius 3 is 2.86 bits per heavy atom. The van der Waals surface area contributed by atoms with E-state index in [1.54, 1.807) is 0 Å². The SMILES string of the molecule is Cc1cc(CNC2CCCC(C)C2C)c2ccccc2n1. The lowest BCUT2D eigenvalue weighted by Gasteiger charge is -2.35. The van der Waals surface area contributed by atoms with Gasteiger partial charge in [-0.15, -0.1) is 0 Å². The standard InChI is InChI=1S/C19H26N2/c1-13-7-6-10-18(15(13)3)20-12-16-11-14(2)21-19-9-5-4-8-17(16)19/h4-5,8-9,11,13,15,18,20H,6-7,10,12H2,1-3H3. The number of aromatic nitrogens is 1. The van der Waals surface area contributed by atoms with Gasteiger partial charge >= 0.3 is 0 Å². The van der Waals surface area contributed by atoms with E-state index in [-0.39, 0.29) is 0 Å². The van der Waals surface area contributed by atoms with Gasteiger partial charge in [-0.3, -0.25) is 4.98 Å². The molecule has 1 saturated carbocycles. The summed E-state index contributed by atoms with van der Waals surface area (Å²) in [5.41, 5.74) is 3.60. The van der Waals surface area contributed by atoms with Crippen LogP contribution in [0.5, 0.6) is 0 Å². The van der Waals surface area contributed by atoms with Crippen LogP contribution < -0.4 is 5.32 Å². The molecule has 1 aliphatic carbocycles. The summed E-state index contributed by atoms with van der Waals surface area (Å²) in [5.74, 6) is 1.61. The molecule has 21 heavy (non-hydrogen) atoms. The predicted octanol–water partition coefficient (Wildman–Crippen LogP) is 4.46. The smallest absolute Gasteiger partial charge is 0.0708 e. The number of hydrogen-bond acceptors (Lipinski definition) is 2. The highest BCUT2D eigenvalue weighted by Gasteiger charge is 2.26. The molecule has 1 aliphatic rings. The van der Waals surface area contributed by atoms with Gasteiger partial charge in [-0.05, 0) is 42.9 Å². The van der Waals surface area contributed by atoms with Crippen molar-refractivity contribution in [2.24, 2.45) is 11.8 Å². The molecule has 3 atom stereocenters. The fourth-order valence-corrected chi connectivity index (χ4v) is 3.65. The molecule has 0 saturated heterocycles. The summed E-state index contributed by atoms with van der Waals surface area (Å²) >= 11 is 0. The third kappa shape index (κ3) is 3.11. The Balaban J connectivity index is 1.79. The fourth-order valence-electron chi connectivity index (χ4n) is 3.65. The number of para-hydroxylation sites is 1. The summed E-state index contributed by atoms with van der Waals surface area (Å²) in [7, 11) is 0. The Kier molecular flexibility index (Phi) is 4.25. The summed E-state index contributed by atoms with van der Waals surface area (Å²) in [6.07, 6.45) is 4.06. The van der Waals surface area contributed by atoms with E-state index < -0.39 is 0 Å². The lowest BCUT2D eigenvalue weighted by Crippen LogP contribution is -2.40. The predicted molar refractivity (Wildman–Crippen MR) is 89.3 cm³/mol. The minimum absolute atomic E-state index is 0.654. The van der Waals surface area contributed by atoms with Crippen LogP contribution in [-0.2, 0) is 6.54 Å². The van der Waals surface area contributed by atoms with Crippen molar-refractivity contribution in [1.82, 2.24) is 10.3 Å². The maximum Gasteiger partial charge on any atom is 0.0708 e. The molecule has 0 spiro atoms. The molecule has 1 N–H and O–H groups in total. The quantitative estimate of drug-likeness (QED) is 0.899. The average molecular weight is 282 g/mol. The minimum atomic E-state index is 0.654. The van der Waals surface area contributed by atoms with E-state index in [2.05, 4.69) is 61.4 Å². The normalized spacial score (nSPS) is 26.1. The maximum atomic E-state index is 4.63. The van der Waals surface area contributed by atoms with Crippen molar-refractivity contribution in [3.63, 3.8) is 0 Å². The molecular weight excluding hydrogens is 256 g/mol. The third-order valence-electron chi connectivity index (χ3n) is 5.19. The lowest BCUT2D eigenvalue weighted by atomic mass is 9.78. The molecule has 3 unspecified atom stereocenters. The van der Waals surface area contributed by atoms with E-state index >= 15 is 0 Å². The van der Waals surface area contributed by atoms with Gasteiger partial charge in [-0.2, -0.15) is 0 Å². The van der Waals surface area contributed by atoms with Gasteiger partial charge in [0.2, 0.25) is 0 Å². The van der Waals surface area contributed by atoms with Gasteiger partial charge in [0.05, 0.1) is 5.52 Å². The van der Waals surface area contributed by atoms with Crippen LogP contribution in [0.3, 0.4) is 0 Å². The van der Waals surface area contributed by atoms with Crippen LogP contribution in [0.2, 0.25) is 0 Å². The summed E-state index contributed by atoms with van der Waals surface area (Å²) in [6.45, 7) is 7.83. The highest BCUT2D eigenvalue weighted by atomic mass is 14.9. The van der Waals surface area contributed by atoms with Crippen LogP contribution in [0.1, 0.15) is 44.4 Å². The van der Waals surface area contributed by atoms with E-state index in [1.165, 1.54) is 30.2 Å². The van der Waals surface area contributed by atoms with Crippen LogP contribution in [0.15, 0.2) is 30.3 Å². The Morgan fingerprint density at radius 2 is 2.00 bits per heavy atom. The molecule has 0 aliphatic heterocycles. The van der Waals surface area contributed by atoms with Crippen molar-refractivity contribution in [3.8, 4) is 0 Å². The topological polar surface area (TPSA) is 24.9 Å². The lowest BCUT2D eigenvalue weighted by molar-refractivity contribution is 0.206. The van der Waals surface area contributed by atoms with Crippen LogP contribution in [0, 0.1) is 18.8 Å². The number of aryl methyl sites for hydroxylation is 1. The van der Waals surface area contributed by atoms with Crippen LogP contribution in [-0.4, -0.2) is 11.0 Å². The van der Waals surface area contributed by atoms with E-state index in [0.717, 1.165) is 29.6 Å². The van der Waals surface area contributed by atoms with Crippen LogP contribution in [0.25, 0.3) is 10.9 Å². The van der Waals surface area contributed by atoms with Crippen molar-refractivity contribution < 1.29 is 0 Å². The molecule has 2 aromatic rings. The zero-order valence-corrected chi connectivity index (χ0v) is 13.4. The average Bonchev–Trinajstić information content (AvgIpc) is 2.48. The number of nitrogens with one attached hydrogen (secondary N) is 1. The number of pyridine rings is 1. The second-order valence-electron chi connectivity index (χ2n) is 6.69. The second kappa shape index (κ2) is 6.15. The summed E-state index contributed by atoms with van der Waals surface area (Å²) in [5, 5.41) is 5.09. The van der Waals surface area contributed by atoms with Crippen molar-refractivity contribution in [1.29, 1.82) is 0 Å². The fraction of sp³-hybridized carbons (Fsp3) is 0.526. The van der Waals surface area contributed by atoms with Gasteiger partial charge in [-0.1, -0.05) is 44.9 Å². The van der Waals surface area contributed by atoms with Gasteiger partial charge in [0, 0.05) is 23.7 Å². The highest BCUT2D eigenvalue weighted by molar-refractivity contribution is 5.82. The molecule has 2 nitrogen and oxygen atoms in total. The summed E-state index contributed by atoms with van der Waals surface area (Å²) in [4.78, 5) is 4.63. The zero-order chi connectivity index (χ0) is 14.8. The maximum absolute atomic E-state index is 4.63. The largest absolute Gasteiger partial charge is 0.310 e. The Labute approximate surface area is 128 Å².